The monoisotopic (exact) mass is 334 g/mol. The van der Waals surface area contributed by atoms with Gasteiger partial charge in [0.1, 0.15) is 0 Å². The molecule has 0 saturated heterocycles. The molecule has 0 unspecified atom stereocenters. The van der Waals surface area contributed by atoms with Crippen LogP contribution in [0.1, 0.15) is 53.4 Å². The molecule has 0 amide bonds. The first kappa shape index (κ1) is 20.4. The molecule has 0 aromatic rings. The lowest BCUT2D eigenvalue weighted by molar-refractivity contribution is 0.0705. The van der Waals surface area contributed by atoms with Gasteiger partial charge in [0.15, 0.2) is 0 Å². The number of hydrogen-bond donors (Lipinski definition) is 0. The molecule has 0 bridgehead atoms. The molecule has 21 heavy (non-hydrogen) atoms. The first-order valence-electron chi connectivity index (χ1n) is 7.93. The summed E-state index contributed by atoms with van der Waals surface area (Å²) in [5, 5.41) is 0.998. The maximum absolute atomic E-state index is 5.51. The van der Waals surface area contributed by atoms with Crippen molar-refractivity contribution in [2.24, 2.45) is 0 Å². The fourth-order valence-electron chi connectivity index (χ4n) is 1.98. The highest BCUT2D eigenvalue weighted by Crippen LogP contribution is 2.02. The average molecular weight is 335 g/mol. The molecule has 0 spiro atoms. The summed E-state index contributed by atoms with van der Waals surface area (Å²) >= 11 is 10.6. The minimum Gasteiger partial charge on any atom is -0.433 e. The van der Waals surface area contributed by atoms with Crippen LogP contribution in [0, 0.1) is 0 Å². The van der Waals surface area contributed by atoms with Crippen LogP contribution in [0.25, 0.3) is 0 Å². The van der Waals surface area contributed by atoms with E-state index < -0.39 is 0 Å². The smallest absolute Gasteiger partial charge is 0.262 e. The summed E-state index contributed by atoms with van der Waals surface area (Å²) < 4.78 is 11.0. The maximum Gasteiger partial charge on any atom is 0.262 e. The molecule has 0 atom stereocenters. The highest BCUT2D eigenvalue weighted by atomic mass is 32.1. The Morgan fingerprint density at radius 3 is 1.19 bits per heavy atom. The van der Waals surface area contributed by atoms with E-state index in [-0.39, 0.29) is 6.79 Å². The van der Waals surface area contributed by atoms with Crippen molar-refractivity contribution in [2.45, 2.75) is 53.4 Å². The summed E-state index contributed by atoms with van der Waals surface area (Å²) in [5.74, 6) is 0. The van der Waals surface area contributed by atoms with Gasteiger partial charge in [0.25, 0.3) is 10.3 Å². The topological polar surface area (TPSA) is 24.9 Å². The average Bonchev–Trinajstić information content (AvgIpc) is 2.46. The Morgan fingerprint density at radius 1 is 0.667 bits per heavy atom. The van der Waals surface area contributed by atoms with Gasteiger partial charge >= 0.3 is 0 Å². The van der Waals surface area contributed by atoms with Crippen LogP contribution in [0.2, 0.25) is 0 Å². The van der Waals surface area contributed by atoms with E-state index in [0.29, 0.717) is 10.3 Å². The second-order valence-corrected chi connectivity index (χ2v) is 5.61. The van der Waals surface area contributed by atoms with E-state index in [1.165, 1.54) is 0 Å². The zero-order valence-electron chi connectivity index (χ0n) is 13.9. The van der Waals surface area contributed by atoms with Crippen LogP contribution in [-0.4, -0.2) is 53.1 Å². The second-order valence-electron chi connectivity index (χ2n) is 4.91. The standard InChI is InChI=1S/C15H30N2O2S2/c1-5-9-16(10-6-2)14(20)18-13-19-15(21)17(11-7-3)12-8-4/h5-13H2,1-4H3. The number of ether oxygens (including phenoxy) is 2. The minimum atomic E-state index is 0.0888. The fourth-order valence-corrected chi connectivity index (χ4v) is 2.44. The lowest BCUT2D eigenvalue weighted by Crippen LogP contribution is -2.36. The van der Waals surface area contributed by atoms with Crippen LogP contribution < -0.4 is 0 Å². The van der Waals surface area contributed by atoms with E-state index in [2.05, 4.69) is 37.5 Å². The highest BCUT2D eigenvalue weighted by Gasteiger charge is 2.11. The van der Waals surface area contributed by atoms with Crippen molar-refractivity contribution in [2.75, 3.05) is 33.0 Å². The molecular weight excluding hydrogens is 304 g/mol. The van der Waals surface area contributed by atoms with Crippen molar-refractivity contribution in [3.05, 3.63) is 0 Å². The Kier molecular flexibility index (Phi) is 12.7. The van der Waals surface area contributed by atoms with Crippen molar-refractivity contribution in [1.29, 1.82) is 0 Å². The molecule has 6 heteroatoms. The lowest BCUT2D eigenvalue weighted by atomic mass is 10.4. The first-order valence-corrected chi connectivity index (χ1v) is 8.75. The van der Waals surface area contributed by atoms with E-state index in [0.717, 1.165) is 51.9 Å². The molecule has 0 saturated carbocycles. The Bertz CT molecular complexity index is 261. The van der Waals surface area contributed by atoms with Gasteiger partial charge in [0, 0.05) is 26.2 Å². The summed E-state index contributed by atoms with van der Waals surface area (Å²) in [6.07, 6.45) is 4.18. The van der Waals surface area contributed by atoms with E-state index in [4.69, 9.17) is 33.9 Å². The summed E-state index contributed by atoms with van der Waals surface area (Å²) in [6.45, 7) is 12.3. The van der Waals surface area contributed by atoms with Crippen LogP contribution >= 0.6 is 24.4 Å². The largest absolute Gasteiger partial charge is 0.433 e. The van der Waals surface area contributed by atoms with Gasteiger partial charge in [0.2, 0.25) is 6.79 Å². The Labute approximate surface area is 140 Å². The second kappa shape index (κ2) is 13.1. The van der Waals surface area contributed by atoms with E-state index in [1.54, 1.807) is 0 Å². The number of hydrogen-bond acceptors (Lipinski definition) is 4. The van der Waals surface area contributed by atoms with Crippen LogP contribution in [0.4, 0.5) is 0 Å². The SMILES string of the molecule is CCCN(CCC)C(=S)OCOC(=S)N(CCC)CCC. The molecule has 0 radical (unpaired) electrons. The molecule has 0 aromatic heterocycles. The van der Waals surface area contributed by atoms with Crippen LogP contribution in [0.3, 0.4) is 0 Å². The van der Waals surface area contributed by atoms with Crippen LogP contribution in [0.15, 0.2) is 0 Å². The van der Waals surface area contributed by atoms with Crippen molar-refractivity contribution in [3.8, 4) is 0 Å². The number of thiocarbonyl (C=S) groups is 2. The third-order valence-electron chi connectivity index (χ3n) is 2.86. The fraction of sp³-hybridized carbons (Fsp3) is 0.867. The van der Waals surface area contributed by atoms with Gasteiger partial charge in [-0.3, -0.25) is 0 Å². The van der Waals surface area contributed by atoms with E-state index in [9.17, 15) is 0 Å². The first-order chi connectivity index (χ1) is 10.1. The molecule has 0 N–H and O–H groups in total. The van der Waals surface area contributed by atoms with Gasteiger partial charge < -0.3 is 19.3 Å². The molecule has 4 nitrogen and oxygen atoms in total. The minimum absolute atomic E-state index is 0.0888. The zero-order chi connectivity index (χ0) is 16.1. The predicted octanol–water partition coefficient (Wildman–Crippen LogP) is 3.79. The summed E-state index contributed by atoms with van der Waals surface area (Å²) in [4.78, 5) is 4.13. The van der Waals surface area contributed by atoms with Crippen LogP contribution in [0.5, 0.6) is 0 Å². The molecule has 124 valence electrons. The Morgan fingerprint density at radius 2 is 0.952 bits per heavy atom. The van der Waals surface area contributed by atoms with Gasteiger partial charge in [-0.05, 0) is 50.1 Å². The van der Waals surface area contributed by atoms with Gasteiger partial charge in [0.05, 0.1) is 0 Å². The molecule has 0 aromatic carbocycles. The highest BCUT2D eigenvalue weighted by molar-refractivity contribution is 7.80. The van der Waals surface area contributed by atoms with Crippen molar-refractivity contribution < 1.29 is 9.47 Å². The molecule has 0 aliphatic heterocycles. The third-order valence-corrected chi connectivity index (χ3v) is 3.61. The van der Waals surface area contributed by atoms with E-state index >= 15 is 0 Å². The van der Waals surface area contributed by atoms with Gasteiger partial charge in [-0.25, -0.2) is 0 Å². The Balaban J connectivity index is 4.14. The van der Waals surface area contributed by atoms with E-state index in [1.807, 2.05) is 0 Å². The van der Waals surface area contributed by atoms with Crippen molar-refractivity contribution >= 4 is 34.8 Å². The summed E-state index contributed by atoms with van der Waals surface area (Å²) in [6, 6.07) is 0. The normalized spacial score (nSPS) is 10.1. The molecule has 0 heterocycles. The van der Waals surface area contributed by atoms with Crippen molar-refractivity contribution in [3.63, 3.8) is 0 Å². The molecule has 0 rings (SSSR count). The van der Waals surface area contributed by atoms with Gasteiger partial charge in [-0.2, -0.15) is 0 Å². The van der Waals surface area contributed by atoms with Gasteiger partial charge in [-0.1, -0.05) is 27.7 Å². The predicted molar refractivity (Wildman–Crippen MR) is 96.5 cm³/mol. The molecule has 0 aliphatic rings. The number of rotatable bonds is 10. The Hall–Kier alpha value is -0.620. The number of nitrogens with zero attached hydrogens (tertiary/aromatic N) is 2. The molecule has 0 aliphatic carbocycles. The maximum atomic E-state index is 5.51. The molecule has 0 fully saturated rings. The van der Waals surface area contributed by atoms with Crippen LogP contribution in [-0.2, 0) is 9.47 Å². The molecular formula is C15H30N2O2S2. The quantitative estimate of drug-likeness (QED) is 0.445. The van der Waals surface area contributed by atoms with Gasteiger partial charge in [-0.15, -0.1) is 0 Å². The summed E-state index contributed by atoms with van der Waals surface area (Å²) in [7, 11) is 0. The lowest BCUT2D eigenvalue weighted by Gasteiger charge is -2.26. The zero-order valence-corrected chi connectivity index (χ0v) is 15.5. The third kappa shape index (κ3) is 9.09. The summed E-state index contributed by atoms with van der Waals surface area (Å²) in [5.41, 5.74) is 0. The van der Waals surface area contributed by atoms with Crippen molar-refractivity contribution in [1.82, 2.24) is 9.80 Å².